The van der Waals surface area contributed by atoms with Gasteiger partial charge in [0.15, 0.2) is 0 Å². The number of aromatic nitrogens is 2. The van der Waals surface area contributed by atoms with Crippen molar-refractivity contribution in [2.45, 2.75) is 18.9 Å². The Kier molecular flexibility index (Phi) is 5.89. The van der Waals surface area contributed by atoms with Crippen molar-refractivity contribution in [3.63, 3.8) is 0 Å². The minimum atomic E-state index is -0.191. The number of nitrogens with zero attached hydrogens (tertiary/aromatic N) is 3. The first-order chi connectivity index (χ1) is 10.1. The van der Waals surface area contributed by atoms with Crippen molar-refractivity contribution < 1.29 is 9.53 Å². The van der Waals surface area contributed by atoms with E-state index in [-0.39, 0.29) is 12.0 Å². The van der Waals surface area contributed by atoms with Crippen LogP contribution in [0.15, 0.2) is 12.4 Å². The molecule has 1 aliphatic heterocycles. The molecule has 1 fully saturated rings. The Morgan fingerprint density at radius 1 is 1.48 bits per heavy atom. The lowest BCUT2D eigenvalue weighted by molar-refractivity contribution is 0.0853. The molecule has 1 unspecified atom stereocenters. The van der Waals surface area contributed by atoms with Gasteiger partial charge in [-0.05, 0) is 26.9 Å². The molecule has 1 atom stereocenters. The summed E-state index contributed by atoms with van der Waals surface area (Å²) in [5, 5.41) is 6.02. The summed E-state index contributed by atoms with van der Waals surface area (Å²) in [5.41, 5.74) is 0.371. The summed E-state index contributed by atoms with van der Waals surface area (Å²) < 4.78 is 5.47. The number of ether oxygens (including phenoxy) is 1. The molecule has 116 valence electrons. The van der Waals surface area contributed by atoms with Crippen LogP contribution in [0.3, 0.4) is 0 Å². The molecular weight excluding hydrogens is 270 g/mol. The predicted molar refractivity (Wildman–Crippen MR) is 80.4 cm³/mol. The summed E-state index contributed by atoms with van der Waals surface area (Å²) in [6.45, 7) is 2.98. The van der Waals surface area contributed by atoms with Gasteiger partial charge in [-0.1, -0.05) is 0 Å². The second-order valence-corrected chi connectivity index (χ2v) is 5.36. The molecule has 21 heavy (non-hydrogen) atoms. The van der Waals surface area contributed by atoms with Crippen LogP contribution in [0.1, 0.15) is 23.3 Å². The normalized spacial score (nSPS) is 18.0. The zero-order chi connectivity index (χ0) is 15.1. The topological polar surface area (TPSA) is 79.4 Å². The lowest BCUT2D eigenvalue weighted by Crippen LogP contribution is -2.32. The Labute approximate surface area is 125 Å². The fraction of sp³-hybridized carbons (Fsp3) is 0.643. The number of hydrogen-bond donors (Lipinski definition) is 2. The summed E-state index contributed by atoms with van der Waals surface area (Å²) in [4.78, 5) is 22.2. The largest absolute Gasteiger partial charge is 0.376 e. The molecule has 0 bridgehead atoms. The van der Waals surface area contributed by atoms with E-state index in [4.69, 9.17) is 4.74 Å². The summed E-state index contributed by atoms with van der Waals surface area (Å²) in [7, 11) is 4.01. The molecule has 1 saturated heterocycles. The predicted octanol–water partition coefficient (Wildman–Crippen LogP) is 0.359. The molecule has 1 aromatic heterocycles. The van der Waals surface area contributed by atoms with Crippen molar-refractivity contribution in [1.82, 2.24) is 20.2 Å². The maximum Gasteiger partial charge on any atom is 0.270 e. The second-order valence-electron chi connectivity index (χ2n) is 5.36. The molecular formula is C14H23N5O2. The third-order valence-electron chi connectivity index (χ3n) is 3.28. The van der Waals surface area contributed by atoms with Crippen LogP contribution < -0.4 is 10.6 Å². The van der Waals surface area contributed by atoms with Gasteiger partial charge in [-0.25, -0.2) is 9.97 Å². The van der Waals surface area contributed by atoms with Gasteiger partial charge in [-0.2, -0.15) is 0 Å². The van der Waals surface area contributed by atoms with Crippen LogP contribution in [-0.2, 0) is 4.74 Å². The van der Waals surface area contributed by atoms with E-state index in [1.165, 1.54) is 6.33 Å². The summed E-state index contributed by atoms with van der Waals surface area (Å²) in [6.07, 6.45) is 3.60. The maximum absolute atomic E-state index is 12.0. The van der Waals surface area contributed by atoms with Crippen molar-refractivity contribution >= 4 is 11.7 Å². The molecule has 2 rings (SSSR count). The number of rotatable bonds is 7. The van der Waals surface area contributed by atoms with E-state index in [9.17, 15) is 4.79 Å². The van der Waals surface area contributed by atoms with Gasteiger partial charge in [0.25, 0.3) is 5.91 Å². The Balaban J connectivity index is 1.82. The van der Waals surface area contributed by atoms with Crippen LogP contribution in [0, 0.1) is 0 Å². The van der Waals surface area contributed by atoms with Crippen molar-refractivity contribution in [2.75, 3.05) is 45.7 Å². The molecule has 2 N–H and O–H groups in total. The van der Waals surface area contributed by atoms with Crippen molar-refractivity contribution in [2.24, 2.45) is 0 Å². The van der Waals surface area contributed by atoms with Crippen LogP contribution in [-0.4, -0.2) is 67.2 Å². The number of hydrogen-bond acceptors (Lipinski definition) is 6. The molecule has 1 aliphatic rings. The minimum Gasteiger partial charge on any atom is -0.376 e. The van der Waals surface area contributed by atoms with Gasteiger partial charge in [-0.3, -0.25) is 4.79 Å². The Morgan fingerprint density at radius 2 is 2.33 bits per heavy atom. The number of carbonyl (C=O) groups is 1. The first-order valence-electron chi connectivity index (χ1n) is 7.25. The smallest absolute Gasteiger partial charge is 0.270 e. The molecule has 0 spiro atoms. The van der Waals surface area contributed by atoms with E-state index in [1.54, 1.807) is 6.07 Å². The number of carbonyl (C=O) groups excluding carboxylic acids is 1. The van der Waals surface area contributed by atoms with E-state index in [0.29, 0.717) is 18.1 Å². The van der Waals surface area contributed by atoms with Gasteiger partial charge in [0, 0.05) is 32.3 Å². The summed E-state index contributed by atoms with van der Waals surface area (Å²) in [6, 6.07) is 1.67. The molecule has 0 aliphatic carbocycles. The number of anilines is 1. The highest BCUT2D eigenvalue weighted by Gasteiger charge is 2.17. The van der Waals surface area contributed by atoms with Gasteiger partial charge in [0.2, 0.25) is 0 Å². The second kappa shape index (κ2) is 7.90. The Bertz CT molecular complexity index is 460. The van der Waals surface area contributed by atoms with Gasteiger partial charge < -0.3 is 20.3 Å². The molecule has 1 amide bonds. The molecule has 7 heteroatoms. The maximum atomic E-state index is 12.0. The van der Waals surface area contributed by atoms with E-state index in [0.717, 1.165) is 32.5 Å². The van der Waals surface area contributed by atoms with Gasteiger partial charge >= 0.3 is 0 Å². The van der Waals surface area contributed by atoms with Crippen molar-refractivity contribution in [3.8, 4) is 0 Å². The van der Waals surface area contributed by atoms with Gasteiger partial charge in [0.1, 0.15) is 17.8 Å². The third-order valence-corrected chi connectivity index (χ3v) is 3.28. The van der Waals surface area contributed by atoms with Crippen LogP contribution >= 0.6 is 0 Å². The fourth-order valence-electron chi connectivity index (χ4n) is 2.09. The fourth-order valence-corrected chi connectivity index (χ4v) is 2.09. The minimum absolute atomic E-state index is 0.133. The molecule has 0 aromatic carbocycles. The summed E-state index contributed by atoms with van der Waals surface area (Å²) in [5.74, 6) is 0.470. The summed E-state index contributed by atoms with van der Waals surface area (Å²) >= 11 is 0. The van der Waals surface area contributed by atoms with E-state index in [1.807, 2.05) is 14.1 Å². The Morgan fingerprint density at radius 3 is 3.05 bits per heavy atom. The van der Waals surface area contributed by atoms with Gasteiger partial charge in [0.05, 0.1) is 6.10 Å². The number of likely N-dealkylation sites (N-methyl/N-ethyl adjacent to an activating group) is 1. The van der Waals surface area contributed by atoms with Crippen molar-refractivity contribution in [1.29, 1.82) is 0 Å². The van der Waals surface area contributed by atoms with Crippen LogP contribution in [0.2, 0.25) is 0 Å². The van der Waals surface area contributed by atoms with Gasteiger partial charge in [-0.15, -0.1) is 0 Å². The monoisotopic (exact) mass is 293 g/mol. The molecule has 0 radical (unpaired) electrons. The van der Waals surface area contributed by atoms with Crippen LogP contribution in [0.25, 0.3) is 0 Å². The number of amides is 1. The van der Waals surface area contributed by atoms with E-state index >= 15 is 0 Å². The third kappa shape index (κ3) is 5.28. The molecule has 7 nitrogen and oxygen atoms in total. The lowest BCUT2D eigenvalue weighted by atomic mass is 10.2. The standard InChI is InChI=1S/C14H23N5O2/c1-19(2)6-5-15-13-8-12(17-10-18-13)14(20)16-9-11-4-3-7-21-11/h8,10-11H,3-7,9H2,1-2H3,(H,16,20)(H,15,17,18). The Hall–Kier alpha value is -1.73. The number of nitrogens with one attached hydrogen (secondary N) is 2. The molecule has 2 heterocycles. The first-order valence-corrected chi connectivity index (χ1v) is 7.25. The first kappa shape index (κ1) is 15.7. The van der Waals surface area contributed by atoms with Crippen LogP contribution in [0.4, 0.5) is 5.82 Å². The zero-order valence-electron chi connectivity index (χ0n) is 12.6. The zero-order valence-corrected chi connectivity index (χ0v) is 12.6. The highest BCUT2D eigenvalue weighted by molar-refractivity contribution is 5.92. The SMILES string of the molecule is CN(C)CCNc1cc(C(=O)NCC2CCCO2)ncn1. The average molecular weight is 293 g/mol. The highest BCUT2D eigenvalue weighted by atomic mass is 16.5. The molecule has 1 aromatic rings. The lowest BCUT2D eigenvalue weighted by Gasteiger charge is -2.12. The highest BCUT2D eigenvalue weighted by Crippen LogP contribution is 2.11. The quantitative estimate of drug-likeness (QED) is 0.755. The average Bonchev–Trinajstić information content (AvgIpc) is 2.98. The van der Waals surface area contributed by atoms with E-state index in [2.05, 4.69) is 25.5 Å². The van der Waals surface area contributed by atoms with Crippen molar-refractivity contribution in [3.05, 3.63) is 18.1 Å². The van der Waals surface area contributed by atoms with Crippen LogP contribution in [0.5, 0.6) is 0 Å². The van der Waals surface area contributed by atoms with E-state index < -0.39 is 0 Å². The molecule has 0 saturated carbocycles.